The summed E-state index contributed by atoms with van der Waals surface area (Å²) in [7, 11) is -8.13. The molecule has 0 aliphatic rings. The second-order valence-corrected chi connectivity index (χ2v) is 14.1. The van der Waals surface area contributed by atoms with Gasteiger partial charge in [0.15, 0.2) is 0 Å². The predicted octanol–water partition coefficient (Wildman–Crippen LogP) is 10.4. The van der Waals surface area contributed by atoms with Gasteiger partial charge in [0.25, 0.3) is 15.6 Å². The van der Waals surface area contributed by atoms with Crippen molar-refractivity contribution in [2.24, 2.45) is 0 Å². The van der Waals surface area contributed by atoms with E-state index in [4.69, 9.17) is 18.1 Å². The number of rotatable bonds is 32. The molecular weight excluding hydrogens is 640 g/mol. The van der Waals surface area contributed by atoms with E-state index < -0.39 is 15.6 Å². The van der Waals surface area contributed by atoms with Crippen LogP contribution < -0.4 is 9.79 Å². The average molecular weight is 708 g/mol. The van der Waals surface area contributed by atoms with E-state index in [9.17, 15) is 18.9 Å². The summed E-state index contributed by atoms with van der Waals surface area (Å²) in [6.07, 6.45) is 26.6. The van der Waals surface area contributed by atoms with Gasteiger partial charge >= 0.3 is 19.5 Å². The maximum atomic E-state index is 11.5. The summed E-state index contributed by atoms with van der Waals surface area (Å²) in [5.41, 5.74) is 0. The van der Waals surface area contributed by atoms with E-state index >= 15 is 0 Å². The molecule has 8 nitrogen and oxygen atoms in total. The van der Waals surface area contributed by atoms with Gasteiger partial charge in [-0.1, -0.05) is 156 Å². The van der Waals surface area contributed by atoms with Crippen molar-refractivity contribution in [3.63, 3.8) is 0 Å². The Morgan fingerprint density at radius 2 is 0.512 bits per heavy atom. The van der Waals surface area contributed by atoms with E-state index in [0.29, 0.717) is 0 Å². The molecule has 0 aromatic carbocycles. The standard InChI is InChI=1S/2C16H35O4P.Zn/c2*1-3-5-7-9-11-13-15-19-21(17,18)20-16-14-12-10-8-6-4-2;/h2*3-16H2,1-2H3,(H,17,18);/q;;+2/p-2. The molecule has 11 heteroatoms. The minimum absolute atomic E-state index is 0. The minimum atomic E-state index is -4.07. The van der Waals surface area contributed by atoms with Crippen LogP contribution in [-0.2, 0) is 46.7 Å². The Morgan fingerprint density at radius 3 is 0.698 bits per heavy atom. The van der Waals surface area contributed by atoms with Crippen LogP contribution >= 0.6 is 15.6 Å². The van der Waals surface area contributed by atoms with Crippen molar-refractivity contribution in [2.45, 2.75) is 182 Å². The molecule has 0 heterocycles. The molecule has 0 rings (SSSR count). The zero-order valence-corrected chi connectivity index (χ0v) is 33.4. The fraction of sp³-hybridized carbons (Fsp3) is 1.00. The third kappa shape index (κ3) is 42.8. The molecule has 0 bridgehead atoms. The molecule has 0 atom stereocenters. The van der Waals surface area contributed by atoms with Crippen molar-refractivity contribution >= 4 is 15.6 Å². The summed E-state index contributed by atoms with van der Waals surface area (Å²) in [6.45, 7) is 9.73. The summed E-state index contributed by atoms with van der Waals surface area (Å²) in [5, 5.41) is 0. The van der Waals surface area contributed by atoms with Crippen LogP contribution in [0.15, 0.2) is 0 Å². The van der Waals surface area contributed by atoms with Crippen LogP contribution in [0.2, 0.25) is 0 Å². The summed E-state index contributed by atoms with van der Waals surface area (Å²) in [6, 6.07) is 0. The molecular formula is C32H68O8P2Zn. The van der Waals surface area contributed by atoms with Gasteiger partial charge in [-0.3, -0.25) is 9.13 Å². The van der Waals surface area contributed by atoms with Crippen molar-refractivity contribution in [3.8, 4) is 0 Å². The summed E-state index contributed by atoms with van der Waals surface area (Å²) < 4.78 is 42.4. The van der Waals surface area contributed by atoms with Gasteiger partial charge in [-0.25, -0.2) is 0 Å². The van der Waals surface area contributed by atoms with Crippen LogP contribution in [0.3, 0.4) is 0 Å². The van der Waals surface area contributed by atoms with Crippen molar-refractivity contribution < 1.29 is 56.5 Å². The number of hydrogen-bond acceptors (Lipinski definition) is 8. The molecule has 0 amide bonds. The first kappa shape index (κ1) is 48.2. The zero-order chi connectivity index (χ0) is 31.6. The Kier molecular flexibility index (Phi) is 41.9. The van der Waals surface area contributed by atoms with Gasteiger partial charge < -0.3 is 27.9 Å². The van der Waals surface area contributed by atoms with E-state index in [1.807, 2.05) is 0 Å². The molecule has 0 aromatic rings. The van der Waals surface area contributed by atoms with Crippen LogP contribution in [0.4, 0.5) is 0 Å². The van der Waals surface area contributed by atoms with E-state index in [0.717, 1.165) is 77.0 Å². The van der Waals surface area contributed by atoms with Crippen LogP contribution in [0.25, 0.3) is 0 Å². The Hall–Kier alpha value is 0.843. The smallest absolute Gasteiger partial charge is 0.756 e. The molecule has 0 spiro atoms. The Bertz CT molecular complexity index is 532. The average Bonchev–Trinajstić information content (AvgIpc) is 2.95. The molecule has 0 radical (unpaired) electrons. The van der Waals surface area contributed by atoms with Gasteiger partial charge in [-0.2, -0.15) is 0 Å². The predicted molar refractivity (Wildman–Crippen MR) is 173 cm³/mol. The molecule has 0 aliphatic heterocycles. The van der Waals surface area contributed by atoms with E-state index in [-0.39, 0.29) is 45.9 Å². The molecule has 0 saturated carbocycles. The third-order valence-corrected chi connectivity index (χ3v) is 8.98. The Morgan fingerprint density at radius 1 is 0.349 bits per heavy atom. The van der Waals surface area contributed by atoms with Crippen molar-refractivity contribution in [2.75, 3.05) is 26.4 Å². The number of hydrogen-bond donors (Lipinski definition) is 0. The largest absolute Gasteiger partial charge is 2.00 e. The van der Waals surface area contributed by atoms with E-state index in [1.54, 1.807) is 0 Å². The molecule has 0 fully saturated rings. The normalized spacial score (nSPS) is 11.7. The Labute approximate surface area is 279 Å². The monoisotopic (exact) mass is 706 g/mol. The molecule has 0 saturated heterocycles. The van der Waals surface area contributed by atoms with Crippen molar-refractivity contribution in [1.29, 1.82) is 0 Å². The van der Waals surface area contributed by atoms with Crippen LogP contribution in [-0.4, -0.2) is 26.4 Å². The van der Waals surface area contributed by atoms with E-state index in [1.165, 1.54) is 77.0 Å². The van der Waals surface area contributed by atoms with E-state index in [2.05, 4.69) is 27.7 Å². The van der Waals surface area contributed by atoms with Gasteiger partial charge in [0.05, 0.1) is 26.4 Å². The summed E-state index contributed by atoms with van der Waals surface area (Å²) >= 11 is 0. The quantitative estimate of drug-likeness (QED) is 0.0385. The van der Waals surface area contributed by atoms with Crippen molar-refractivity contribution in [1.82, 2.24) is 0 Å². The van der Waals surface area contributed by atoms with Gasteiger partial charge in [-0.15, -0.1) is 0 Å². The molecule has 0 N–H and O–H groups in total. The van der Waals surface area contributed by atoms with Crippen molar-refractivity contribution in [3.05, 3.63) is 0 Å². The Balaban J connectivity index is -0.000000727. The first-order valence-electron chi connectivity index (χ1n) is 17.4. The summed E-state index contributed by atoms with van der Waals surface area (Å²) in [5.74, 6) is 0. The topological polar surface area (TPSA) is 117 Å². The number of phosphoric acid groups is 2. The third-order valence-electron chi connectivity index (χ3n) is 6.99. The van der Waals surface area contributed by atoms with Gasteiger partial charge in [0, 0.05) is 0 Å². The second kappa shape index (κ2) is 37.3. The van der Waals surface area contributed by atoms with Crippen LogP contribution in [0, 0.1) is 0 Å². The van der Waals surface area contributed by atoms with Gasteiger partial charge in [0.2, 0.25) is 0 Å². The molecule has 0 unspecified atom stereocenters. The first-order chi connectivity index (χ1) is 20.2. The maximum Gasteiger partial charge on any atom is 2.00 e. The maximum absolute atomic E-state index is 11.5. The number of unbranched alkanes of at least 4 members (excludes halogenated alkanes) is 20. The van der Waals surface area contributed by atoms with Gasteiger partial charge in [0.1, 0.15) is 0 Å². The molecule has 0 aliphatic carbocycles. The number of phosphoric ester groups is 2. The SMILES string of the molecule is CCCCCCCCOP(=O)([O-])OCCCCCCCC.CCCCCCCCOP(=O)([O-])OCCCCCCCC.[Zn+2]. The fourth-order valence-corrected chi connectivity index (χ4v) is 5.87. The van der Waals surface area contributed by atoms with Gasteiger partial charge in [-0.05, 0) is 25.7 Å². The van der Waals surface area contributed by atoms with Crippen LogP contribution in [0.1, 0.15) is 182 Å². The molecule has 256 valence electrons. The van der Waals surface area contributed by atoms with Crippen LogP contribution in [0.5, 0.6) is 0 Å². The molecule has 0 aromatic heterocycles. The minimum Gasteiger partial charge on any atom is -0.756 e. The molecule has 43 heavy (non-hydrogen) atoms. The zero-order valence-electron chi connectivity index (χ0n) is 28.7. The fourth-order valence-electron chi connectivity index (χ4n) is 4.31. The summed E-state index contributed by atoms with van der Waals surface area (Å²) in [4.78, 5) is 23.0. The first-order valence-corrected chi connectivity index (χ1v) is 20.4. The second-order valence-electron chi connectivity index (χ2n) is 11.3.